The molecule has 1 unspecified atom stereocenters. The van der Waals surface area contributed by atoms with Gasteiger partial charge in [-0.1, -0.05) is 29.4 Å². The number of para-hydroxylation sites is 1. The van der Waals surface area contributed by atoms with Gasteiger partial charge in [0.05, 0.1) is 19.4 Å². The van der Waals surface area contributed by atoms with Crippen molar-refractivity contribution in [1.82, 2.24) is 10.2 Å². The van der Waals surface area contributed by atoms with Crippen LogP contribution in [-0.2, 0) is 11.4 Å². The van der Waals surface area contributed by atoms with Gasteiger partial charge < -0.3 is 19.8 Å². The maximum Gasteiger partial charge on any atom is 0.318 e. The molecule has 1 heterocycles. The van der Waals surface area contributed by atoms with Crippen LogP contribution in [0.5, 0.6) is 5.75 Å². The van der Waals surface area contributed by atoms with Gasteiger partial charge in [0.1, 0.15) is 11.6 Å². The molecule has 2 aromatic rings. The van der Waals surface area contributed by atoms with Crippen molar-refractivity contribution in [3.63, 3.8) is 0 Å². The Hall–Kier alpha value is -3.09. The van der Waals surface area contributed by atoms with E-state index in [9.17, 15) is 9.18 Å². The smallest absolute Gasteiger partial charge is 0.318 e. The molecule has 7 heteroatoms. The number of carbonyl (C=O) groups excluding carboxylic acids is 1. The number of oxime groups is 1. The molecule has 2 amide bonds. The minimum Gasteiger partial charge on any atom is -0.496 e. The van der Waals surface area contributed by atoms with Crippen molar-refractivity contribution in [2.24, 2.45) is 5.16 Å². The standard InChI is InChI=1S/C22H26FN3O3/c1-15(2)24-22(27)26(13-16-8-10-17(23)11-9-16)14-18-12-20(25-29-18)19-6-4-5-7-21(19)28-3/h4-11,15,18H,12-14H2,1-3H3,(H,24,27). The lowest BCUT2D eigenvalue weighted by atomic mass is 10.0. The van der Waals surface area contributed by atoms with Crippen LogP contribution in [0.25, 0.3) is 0 Å². The highest BCUT2D eigenvalue weighted by atomic mass is 19.1. The largest absolute Gasteiger partial charge is 0.496 e. The fraction of sp³-hybridized carbons (Fsp3) is 0.364. The summed E-state index contributed by atoms with van der Waals surface area (Å²) in [5.74, 6) is 0.428. The first kappa shape index (κ1) is 20.6. The van der Waals surface area contributed by atoms with Crippen molar-refractivity contribution in [1.29, 1.82) is 0 Å². The van der Waals surface area contributed by atoms with Crippen LogP contribution in [0.4, 0.5) is 9.18 Å². The van der Waals surface area contributed by atoms with Gasteiger partial charge in [0.25, 0.3) is 0 Å². The number of hydrogen-bond donors (Lipinski definition) is 1. The van der Waals surface area contributed by atoms with E-state index in [2.05, 4.69) is 10.5 Å². The third-order valence-corrected chi connectivity index (χ3v) is 4.56. The molecule has 154 valence electrons. The van der Waals surface area contributed by atoms with Crippen LogP contribution >= 0.6 is 0 Å². The van der Waals surface area contributed by atoms with Gasteiger partial charge in [-0.05, 0) is 43.7 Å². The minimum atomic E-state index is -0.305. The number of hydrogen-bond acceptors (Lipinski definition) is 4. The van der Waals surface area contributed by atoms with Gasteiger partial charge in [-0.2, -0.15) is 0 Å². The summed E-state index contributed by atoms with van der Waals surface area (Å²) in [7, 11) is 1.62. The zero-order valence-electron chi connectivity index (χ0n) is 16.9. The number of halogens is 1. The molecule has 6 nitrogen and oxygen atoms in total. The number of methoxy groups -OCH3 is 1. The summed E-state index contributed by atoms with van der Waals surface area (Å²) in [6.45, 7) is 4.52. The Kier molecular flexibility index (Phi) is 6.69. The molecule has 0 aliphatic carbocycles. The molecule has 0 saturated heterocycles. The lowest BCUT2D eigenvalue weighted by Gasteiger charge is -2.26. The first-order valence-electron chi connectivity index (χ1n) is 9.62. The van der Waals surface area contributed by atoms with Crippen LogP contribution in [-0.4, -0.2) is 42.4 Å². The third kappa shape index (κ3) is 5.47. The first-order valence-corrected chi connectivity index (χ1v) is 9.62. The molecule has 0 saturated carbocycles. The van der Waals surface area contributed by atoms with Gasteiger partial charge in [-0.25, -0.2) is 9.18 Å². The van der Waals surface area contributed by atoms with Crippen molar-refractivity contribution < 1.29 is 18.8 Å². The Balaban J connectivity index is 1.69. The second-order valence-electron chi connectivity index (χ2n) is 7.28. The zero-order valence-corrected chi connectivity index (χ0v) is 16.9. The molecular formula is C22H26FN3O3. The molecule has 0 fully saturated rings. The fourth-order valence-electron chi connectivity index (χ4n) is 3.18. The summed E-state index contributed by atoms with van der Waals surface area (Å²) in [5, 5.41) is 7.13. The predicted octanol–water partition coefficient (Wildman–Crippen LogP) is 3.95. The molecule has 0 radical (unpaired) electrons. The SMILES string of the molecule is COc1ccccc1C1=NOC(CN(Cc2ccc(F)cc2)C(=O)NC(C)C)C1. The molecule has 1 atom stereocenters. The van der Waals surface area contributed by atoms with Gasteiger partial charge in [-0.15, -0.1) is 0 Å². The molecule has 29 heavy (non-hydrogen) atoms. The molecule has 1 aliphatic heterocycles. The third-order valence-electron chi connectivity index (χ3n) is 4.56. The van der Waals surface area contributed by atoms with E-state index in [-0.39, 0.29) is 24.0 Å². The number of urea groups is 1. The van der Waals surface area contributed by atoms with E-state index in [1.807, 2.05) is 38.1 Å². The average Bonchev–Trinajstić information content (AvgIpc) is 3.17. The summed E-state index contributed by atoms with van der Waals surface area (Å²) in [5.41, 5.74) is 2.52. The Morgan fingerprint density at radius 3 is 2.69 bits per heavy atom. The van der Waals surface area contributed by atoms with E-state index >= 15 is 0 Å². The highest BCUT2D eigenvalue weighted by Gasteiger charge is 2.28. The summed E-state index contributed by atoms with van der Waals surface area (Å²) >= 11 is 0. The van der Waals surface area contributed by atoms with E-state index < -0.39 is 0 Å². The van der Waals surface area contributed by atoms with E-state index in [1.54, 1.807) is 24.1 Å². The Morgan fingerprint density at radius 2 is 2.00 bits per heavy atom. The van der Waals surface area contributed by atoms with Crippen LogP contribution in [0.3, 0.4) is 0 Å². The lowest BCUT2D eigenvalue weighted by molar-refractivity contribution is 0.0586. The molecular weight excluding hydrogens is 373 g/mol. The summed E-state index contributed by atoms with van der Waals surface area (Å²) in [6.07, 6.45) is 0.295. The number of rotatable bonds is 7. The molecule has 2 aromatic carbocycles. The van der Waals surface area contributed by atoms with Crippen LogP contribution in [0, 0.1) is 5.82 Å². The van der Waals surface area contributed by atoms with Crippen LogP contribution in [0.15, 0.2) is 53.7 Å². The van der Waals surface area contributed by atoms with Crippen LogP contribution in [0.2, 0.25) is 0 Å². The van der Waals surface area contributed by atoms with Gasteiger partial charge in [0.15, 0.2) is 6.10 Å². The highest BCUT2D eigenvalue weighted by molar-refractivity contribution is 6.03. The van der Waals surface area contributed by atoms with Crippen molar-refractivity contribution in [2.45, 2.75) is 39.0 Å². The van der Waals surface area contributed by atoms with Crippen LogP contribution < -0.4 is 10.1 Å². The van der Waals surface area contributed by atoms with E-state index in [4.69, 9.17) is 9.57 Å². The monoisotopic (exact) mass is 399 g/mol. The molecule has 0 aromatic heterocycles. The normalized spacial score (nSPS) is 15.6. The van der Waals surface area contributed by atoms with Crippen molar-refractivity contribution in [2.75, 3.05) is 13.7 Å². The van der Waals surface area contributed by atoms with Gasteiger partial charge in [-0.3, -0.25) is 0 Å². The van der Waals surface area contributed by atoms with Crippen molar-refractivity contribution in [3.05, 3.63) is 65.5 Å². The molecule has 0 bridgehead atoms. The number of nitrogens with zero attached hydrogens (tertiary/aromatic N) is 2. The van der Waals surface area contributed by atoms with E-state index in [1.165, 1.54) is 12.1 Å². The maximum atomic E-state index is 13.2. The van der Waals surface area contributed by atoms with Gasteiger partial charge in [0.2, 0.25) is 0 Å². The molecule has 1 aliphatic rings. The van der Waals surface area contributed by atoms with E-state index in [0.717, 1.165) is 22.6 Å². The molecule has 3 rings (SSSR count). The Morgan fingerprint density at radius 1 is 1.28 bits per heavy atom. The number of ether oxygens (including phenoxy) is 1. The summed E-state index contributed by atoms with van der Waals surface area (Å²) in [4.78, 5) is 20.0. The number of benzene rings is 2. The van der Waals surface area contributed by atoms with Crippen molar-refractivity contribution in [3.8, 4) is 5.75 Å². The fourth-order valence-corrected chi connectivity index (χ4v) is 3.18. The Labute approximate surface area is 170 Å². The van der Waals surface area contributed by atoms with Gasteiger partial charge >= 0.3 is 6.03 Å². The quantitative estimate of drug-likeness (QED) is 0.767. The number of nitrogens with one attached hydrogen (secondary N) is 1. The summed E-state index contributed by atoms with van der Waals surface area (Å²) < 4.78 is 18.6. The molecule has 0 spiro atoms. The second kappa shape index (κ2) is 9.41. The number of carbonyl (C=O) groups is 1. The summed E-state index contributed by atoms with van der Waals surface area (Å²) in [6, 6.07) is 13.6. The predicted molar refractivity (Wildman–Crippen MR) is 109 cm³/mol. The number of amides is 2. The second-order valence-corrected chi connectivity index (χ2v) is 7.28. The topological polar surface area (TPSA) is 63.2 Å². The van der Waals surface area contributed by atoms with Gasteiger partial charge in [0, 0.05) is 24.6 Å². The van der Waals surface area contributed by atoms with E-state index in [0.29, 0.717) is 19.5 Å². The van der Waals surface area contributed by atoms with Crippen molar-refractivity contribution >= 4 is 11.7 Å². The Bertz CT molecular complexity index is 868. The minimum absolute atomic E-state index is 0.00288. The van der Waals surface area contributed by atoms with Crippen LogP contribution in [0.1, 0.15) is 31.4 Å². The molecule has 1 N–H and O–H groups in total. The lowest BCUT2D eigenvalue weighted by Crippen LogP contribution is -2.45. The first-order chi connectivity index (χ1) is 14.0. The maximum absolute atomic E-state index is 13.2. The highest BCUT2D eigenvalue weighted by Crippen LogP contribution is 2.25. The zero-order chi connectivity index (χ0) is 20.8. The average molecular weight is 399 g/mol.